The molecule has 3 aromatic carbocycles. The molecule has 3 rings (SSSR count). The highest BCUT2D eigenvalue weighted by molar-refractivity contribution is 7.92. The Labute approximate surface area is 238 Å². The van der Waals surface area contributed by atoms with Gasteiger partial charge in [-0.3, -0.25) is 13.9 Å². The highest BCUT2D eigenvalue weighted by Gasteiger charge is 2.33. The Kier molecular flexibility index (Phi) is 10.3. The van der Waals surface area contributed by atoms with Crippen molar-refractivity contribution in [2.75, 3.05) is 18.0 Å². The van der Waals surface area contributed by atoms with E-state index < -0.39 is 28.5 Å². The van der Waals surface area contributed by atoms with Crippen LogP contribution < -0.4 is 14.4 Å². The van der Waals surface area contributed by atoms with Crippen molar-refractivity contribution in [2.24, 2.45) is 0 Å². The van der Waals surface area contributed by atoms with Crippen LogP contribution in [0.25, 0.3) is 0 Å². The Morgan fingerprint density at radius 3 is 2.12 bits per heavy atom. The smallest absolute Gasteiger partial charge is 0.264 e. The molecule has 0 saturated heterocycles. The lowest BCUT2D eigenvalue weighted by atomic mass is 10.1. The van der Waals surface area contributed by atoms with E-state index in [9.17, 15) is 18.0 Å². The summed E-state index contributed by atoms with van der Waals surface area (Å²) in [7, 11) is -2.64. The minimum atomic E-state index is -4.14. The van der Waals surface area contributed by atoms with E-state index in [1.54, 1.807) is 36.4 Å². The van der Waals surface area contributed by atoms with E-state index in [0.717, 1.165) is 21.0 Å². The van der Waals surface area contributed by atoms with Gasteiger partial charge in [0.05, 0.1) is 17.7 Å². The van der Waals surface area contributed by atoms with Crippen molar-refractivity contribution in [3.05, 3.63) is 89.5 Å². The van der Waals surface area contributed by atoms with E-state index in [1.807, 2.05) is 58.9 Å². The average molecular weight is 566 g/mol. The molecule has 0 spiro atoms. The maximum atomic E-state index is 14.1. The largest absolute Gasteiger partial charge is 0.497 e. The number of amides is 2. The predicted molar refractivity (Wildman–Crippen MR) is 158 cm³/mol. The zero-order valence-electron chi connectivity index (χ0n) is 24.0. The Balaban J connectivity index is 2.06. The highest BCUT2D eigenvalue weighted by atomic mass is 32.2. The molecule has 0 radical (unpaired) electrons. The summed E-state index contributed by atoms with van der Waals surface area (Å²) in [5.41, 5.74) is 3.18. The molecule has 0 aliphatic rings. The van der Waals surface area contributed by atoms with Crippen molar-refractivity contribution < 1.29 is 22.7 Å². The standard InChI is InChI=1S/C31H39N3O5S/c1-7-29(31(36)32-22(2)3)33(20-25-10-8-9-24(5)19-25)30(35)21-34(26-13-11-23(4)12-14-26)40(37,38)28-17-15-27(39-6)16-18-28/h8-19,22,29H,7,20-21H2,1-6H3,(H,32,36)/t29-/m1/s1. The van der Waals surface area contributed by atoms with Crippen molar-refractivity contribution in [1.82, 2.24) is 10.2 Å². The number of methoxy groups -OCH3 is 1. The van der Waals surface area contributed by atoms with Gasteiger partial charge in [-0.2, -0.15) is 0 Å². The minimum absolute atomic E-state index is 0.0245. The normalized spacial score (nSPS) is 12.1. The first-order valence-electron chi connectivity index (χ1n) is 13.3. The number of anilines is 1. The summed E-state index contributed by atoms with van der Waals surface area (Å²) in [6.07, 6.45) is 0.367. The molecule has 0 heterocycles. The summed E-state index contributed by atoms with van der Waals surface area (Å²) in [5.74, 6) is -0.244. The molecule has 214 valence electrons. The molecule has 1 N–H and O–H groups in total. The lowest BCUT2D eigenvalue weighted by molar-refractivity contribution is -0.140. The Hall–Kier alpha value is -3.85. The van der Waals surface area contributed by atoms with Crippen LogP contribution in [0.15, 0.2) is 77.7 Å². The lowest BCUT2D eigenvalue weighted by Crippen LogP contribution is -2.53. The van der Waals surface area contributed by atoms with E-state index >= 15 is 0 Å². The quantitative estimate of drug-likeness (QED) is 0.339. The second-order valence-corrected chi connectivity index (χ2v) is 12.0. The van der Waals surface area contributed by atoms with Crippen LogP contribution in [-0.4, -0.2) is 50.9 Å². The Morgan fingerprint density at radius 2 is 1.57 bits per heavy atom. The summed E-state index contributed by atoms with van der Waals surface area (Å²) < 4.78 is 34.2. The number of carbonyl (C=O) groups excluding carboxylic acids is 2. The van der Waals surface area contributed by atoms with Crippen LogP contribution in [0.3, 0.4) is 0 Å². The number of carbonyl (C=O) groups is 2. The monoisotopic (exact) mass is 565 g/mol. The number of nitrogens with one attached hydrogen (secondary N) is 1. The number of rotatable bonds is 12. The average Bonchev–Trinajstić information content (AvgIpc) is 2.91. The molecule has 0 fully saturated rings. The maximum absolute atomic E-state index is 14.1. The maximum Gasteiger partial charge on any atom is 0.264 e. The molecule has 9 heteroatoms. The van der Waals surface area contributed by atoms with Crippen molar-refractivity contribution in [3.8, 4) is 5.75 Å². The highest BCUT2D eigenvalue weighted by Crippen LogP contribution is 2.26. The third-order valence-corrected chi connectivity index (χ3v) is 8.29. The number of nitrogens with zero attached hydrogens (tertiary/aromatic N) is 2. The number of ether oxygens (including phenoxy) is 1. The van der Waals surface area contributed by atoms with Gasteiger partial charge in [0.1, 0.15) is 18.3 Å². The SMILES string of the molecule is CC[C@H](C(=O)NC(C)C)N(Cc1cccc(C)c1)C(=O)CN(c1ccc(C)cc1)S(=O)(=O)c1ccc(OC)cc1. The fourth-order valence-electron chi connectivity index (χ4n) is 4.42. The summed E-state index contributed by atoms with van der Waals surface area (Å²) >= 11 is 0. The molecule has 8 nitrogen and oxygen atoms in total. The molecule has 0 saturated carbocycles. The van der Waals surface area contributed by atoms with Crippen LogP contribution >= 0.6 is 0 Å². The van der Waals surface area contributed by atoms with Gasteiger partial charge in [-0.25, -0.2) is 8.42 Å². The Morgan fingerprint density at radius 1 is 0.925 bits per heavy atom. The molecule has 2 amide bonds. The van der Waals surface area contributed by atoms with Gasteiger partial charge in [0, 0.05) is 12.6 Å². The summed E-state index contributed by atoms with van der Waals surface area (Å²) in [6.45, 7) is 9.10. The summed E-state index contributed by atoms with van der Waals surface area (Å²) in [4.78, 5) is 28.8. The molecule has 0 unspecified atom stereocenters. The van der Waals surface area contributed by atoms with Gasteiger partial charge >= 0.3 is 0 Å². The first-order valence-corrected chi connectivity index (χ1v) is 14.8. The van der Waals surface area contributed by atoms with Gasteiger partial charge in [0.2, 0.25) is 11.8 Å². The van der Waals surface area contributed by atoms with Gasteiger partial charge in [-0.1, -0.05) is 54.4 Å². The first-order chi connectivity index (χ1) is 19.0. The van der Waals surface area contributed by atoms with Gasteiger partial charge in [0.15, 0.2) is 0 Å². The van der Waals surface area contributed by atoms with E-state index in [0.29, 0.717) is 17.9 Å². The van der Waals surface area contributed by atoms with E-state index in [2.05, 4.69) is 5.32 Å². The van der Waals surface area contributed by atoms with Crippen LogP contribution in [0.1, 0.15) is 43.9 Å². The zero-order valence-corrected chi connectivity index (χ0v) is 24.9. The van der Waals surface area contributed by atoms with Crippen molar-refractivity contribution >= 4 is 27.5 Å². The van der Waals surface area contributed by atoms with Crippen LogP contribution in [0, 0.1) is 13.8 Å². The summed E-state index contributed by atoms with van der Waals surface area (Å²) in [5, 5.41) is 2.91. The van der Waals surface area contributed by atoms with Crippen molar-refractivity contribution in [2.45, 2.75) is 64.6 Å². The predicted octanol–water partition coefficient (Wildman–Crippen LogP) is 4.84. The molecule has 1 atom stereocenters. The first kappa shape index (κ1) is 30.7. The van der Waals surface area contributed by atoms with Gasteiger partial charge < -0.3 is 15.0 Å². The third kappa shape index (κ3) is 7.63. The number of sulfonamides is 1. The molecule has 0 aliphatic heterocycles. The van der Waals surface area contributed by atoms with Crippen LogP contribution in [0.5, 0.6) is 5.75 Å². The zero-order chi connectivity index (χ0) is 29.4. The Bertz CT molecular complexity index is 1400. The van der Waals surface area contributed by atoms with E-state index in [-0.39, 0.29) is 23.4 Å². The second kappa shape index (κ2) is 13.5. The van der Waals surface area contributed by atoms with Crippen LogP contribution in [0.2, 0.25) is 0 Å². The number of hydrogen-bond donors (Lipinski definition) is 1. The second-order valence-electron chi connectivity index (χ2n) is 10.1. The van der Waals surface area contributed by atoms with Crippen molar-refractivity contribution in [3.63, 3.8) is 0 Å². The van der Waals surface area contributed by atoms with Crippen LogP contribution in [0.4, 0.5) is 5.69 Å². The molecule has 40 heavy (non-hydrogen) atoms. The fourth-order valence-corrected chi connectivity index (χ4v) is 5.84. The topological polar surface area (TPSA) is 96.0 Å². The third-order valence-electron chi connectivity index (χ3n) is 6.50. The van der Waals surface area contributed by atoms with E-state index in [1.165, 1.54) is 24.1 Å². The molecular weight excluding hydrogens is 526 g/mol. The van der Waals surface area contributed by atoms with Gasteiger partial charge in [0.25, 0.3) is 10.0 Å². The number of aryl methyl sites for hydroxylation is 2. The molecule has 0 bridgehead atoms. The fraction of sp³-hybridized carbons (Fsp3) is 0.355. The minimum Gasteiger partial charge on any atom is -0.497 e. The van der Waals surface area contributed by atoms with Crippen molar-refractivity contribution in [1.29, 1.82) is 0 Å². The lowest BCUT2D eigenvalue weighted by Gasteiger charge is -2.33. The van der Waals surface area contributed by atoms with Gasteiger partial charge in [-0.05, 0) is 76.1 Å². The van der Waals surface area contributed by atoms with Crippen LogP contribution in [-0.2, 0) is 26.2 Å². The molecule has 0 aromatic heterocycles. The van der Waals surface area contributed by atoms with Gasteiger partial charge in [-0.15, -0.1) is 0 Å². The number of hydrogen-bond acceptors (Lipinski definition) is 5. The van der Waals surface area contributed by atoms with E-state index in [4.69, 9.17) is 4.74 Å². The number of benzene rings is 3. The molecular formula is C31H39N3O5S. The summed E-state index contributed by atoms with van der Waals surface area (Å²) in [6, 6.07) is 19.8. The molecule has 3 aromatic rings. The molecule has 0 aliphatic carbocycles.